The summed E-state index contributed by atoms with van der Waals surface area (Å²) in [5.41, 5.74) is 7.26. The molecular weight excluding hydrogens is 773 g/mol. The van der Waals surface area contributed by atoms with Gasteiger partial charge in [-0.3, -0.25) is 0 Å². The van der Waals surface area contributed by atoms with Crippen LogP contribution in [0.4, 0.5) is 0 Å². The van der Waals surface area contributed by atoms with E-state index in [9.17, 15) is 0 Å². The minimum Gasteiger partial charge on any atom is -0.494 e. The second-order valence-electron chi connectivity index (χ2n) is 18.1. The van der Waals surface area contributed by atoms with Crippen molar-refractivity contribution in [3.8, 4) is 35.7 Å². The number of hydrogen-bond acceptors (Lipinski definition) is 4. The van der Waals surface area contributed by atoms with Gasteiger partial charge in [0.05, 0.1) is 48.9 Å². The molecule has 0 spiro atoms. The molecule has 0 heterocycles. The fourth-order valence-electron chi connectivity index (χ4n) is 10.2. The van der Waals surface area contributed by atoms with E-state index in [4.69, 9.17) is 25.4 Å². The summed E-state index contributed by atoms with van der Waals surface area (Å²) >= 11 is 0. The number of hydrogen-bond donors (Lipinski definition) is 0. The lowest BCUT2D eigenvalue weighted by molar-refractivity contribution is -0.115. The van der Waals surface area contributed by atoms with Crippen LogP contribution >= 0.6 is 0 Å². The molecule has 3 aliphatic rings. The van der Waals surface area contributed by atoms with Crippen molar-refractivity contribution in [1.82, 2.24) is 0 Å². The summed E-state index contributed by atoms with van der Waals surface area (Å²) in [6.07, 6.45) is 24.0. The molecule has 0 radical (unpaired) electrons. The van der Waals surface area contributed by atoms with Gasteiger partial charge >= 0.3 is 0 Å². The SMILES string of the molecule is C#CC1=C(/C=C\C)c2ccccc2C1(OCC(C)OC(C)(C)CC)c1ccc(OCCCCOc2ccc(C3(C(C)(CC)CC)c4ccccc4C4C#CC3/C=C\C=C4)cc2)cc1. The predicted octanol–water partition coefficient (Wildman–Crippen LogP) is 13.7. The molecule has 0 aromatic heterocycles. The van der Waals surface area contributed by atoms with E-state index in [1.807, 2.05) is 25.1 Å². The number of rotatable bonds is 19. The highest BCUT2D eigenvalue weighted by atomic mass is 16.6. The number of terminal acetylenes is 1. The van der Waals surface area contributed by atoms with Crippen LogP contribution in [0.25, 0.3) is 5.57 Å². The van der Waals surface area contributed by atoms with Gasteiger partial charge in [-0.2, -0.15) is 0 Å². The molecule has 0 saturated carbocycles. The van der Waals surface area contributed by atoms with Crippen molar-refractivity contribution < 1.29 is 18.9 Å². The molecule has 4 aromatic carbocycles. The molecule has 0 N–H and O–H groups in total. The van der Waals surface area contributed by atoms with Crippen molar-refractivity contribution in [1.29, 1.82) is 0 Å². The van der Waals surface area contributed by atoms with Crippen molar-refractivity contribution in [2.45, 2.75) is 116 Å². The molecule has 326 valence electrons. The van der Waals surface area contributed by atoms with Gasteiger partial charge in [-0.1, -0.05) is 155 Å². The summed E-state index contributed by atoms with van der Waals surface area (Å²) < 4.78 is 26.1. The lowest BCUT2D eigenvalue weighted by atomic mass is 9.50. The smallest absolute Gasteiger partial charge is 0.152 e. The summed E-state index contributed by atoms with van der Waals surface area (Å²) in [5, 5.41) is 0. The van der Waals surface area contributed by atoms with Gasteiger partial charge in [0.2, 0.25) is 0 Å². The standard InChI is InChI=1S/C59H66O4/c1-10-23-51-52-27-18-20-29-55(52)59(53(51)11-2,62-42-43(6)63-56(7,8)12-3)47-34-38-49(39-35-47)61-41-22-21-40-60-48-36-32-46(33-37-48)58(57(9,13-4)14-5)45-25-16-15-24-44(30-31-45)50-26-17-19-28-54(50)58/h2,10,15-20,23-29,32-39,43-45H,12-14,21-22,40-42H2,1,3-9H3/b23-10-,24-15?,25-16-. The number of unbranched alkanes of at least 4 members (excludes halogenated alkanes) is 1. The number of allylic oxidation sites excluding steroid dienone is 7. The Morgan fingerprint density at radius 2 is 1.35 bits per heavy atom. The Morgan fingerprint density at radius 1 is 0.746 bits per heavy atom. The van der Waals surface area contributed by atoms with Crippen molar-refractivity contribution >= 4 is 5.57 Å². The van der Waals surface area contributed by atoms with Crippen molar-refractivity contribution in [3.63, 3.8) is 0 Å². The Hall–Kier alpha value is -5.52. The van der Waals surface area contributed by atoms with Gasteiger partial charge in [0.25, 0.3) is 0 Å². The van der Waals surface area contributed by atoms with Crippen LogP contribution in [0.3, 0.4) is 0 Å². The zero-order valence-electron chi connectivity index (χ0n) is 38.8. The largest absolute Gasteiger partial charge is 0.494 e. The van der Waals surface area contributed by atoms with Crippen LogP contribution < -0.4 is 9.47 Å². The number of benzene rings is 4. The van der Waals surface area contributed by atoms with Crippen LogP contribution in [-0.4, -0.2) is 31.5 Å². The Bertz CT molecular complexity index is 2440. The molecule has 0 amide bonds. The Kier molecular flexibility index (Phi) is 14.1. The Balaban J connectivity index is 1.02. The number of fused-ring (bicyclic) bond motifs is 5. The van der Waals surface area contributed by atoms with E-state index in [0.29, 0.717) is 19.8 Å². The van der Waals surface area contributed by atoms with E-state index in [1.165, 1.54) is 16.7 Å². The highest BCUT2D eigenvalue weighted by Gasteiger charge is 2.54. The van der Waals surface area contributed by atoms with E-state index in [-0.39, 0.29) is 34.4 Å². The monoisotopic (exact) mass is 838 g/mol. The third-order valence-corrected chi connectivity index (χ3v) is 14.1. The molecule has 4 aromatic rings. The third-order valence-electron chi connectivity index (χ3n) is 14.1. The Labute approximate surface area is 378 Å². The van der Waals surface area contributed by atoms with Crippen molar-refractivity contribution in [3.05, 3.63) is 172 Å². The molecule has 7 rings (SSSR count). The minimum atomic E-state index is -0.963. The average molecular weight is 839 g/mol. The van der Waals surface area contributed by atoms with E-state index in [2.05, 4.69) is 182 Å². The molecule has 4 heteroatoms. The topological polar surface area (TPSA) is 36.9 Å². The molecule has 2 bridgehead atoms. The summed E-state index contributed by atoms with van der Waals surface area (Å²) in [4.78, 5) is 0. The van der Waals surface area contributed by atoms with Gasteiger partial charge in [-0.05, 0) is 123 Å². The fourth-order valence-corrected chi connectivity index (χ4v) is 10.2. The van der Waals surface area contributed by atoms with Gasteiger partial charge in [0, 0.05) is 11.0 Å². The molecule has 5 unspecified atom stereocenters. The highest BCUT2D eigenvalue weighted by Crippen LogP contribution is 2.59. The summed E-state index contributed by atoms with van der Waals surface area (Å²) in [6.45, 7) is 19.1. The van der Waals surface area contributed by atoms with E-state index >= 15 is 0 Å². The molecule has 3 aliphatic carbocycles. The molecule has 63 heavy (non-hydrogen) atoms. The van der Waals surface area contributed by atoms with E-state index in [0.717, 1.165) is 71.4 Å². The quantitative estimate of drug-likeness (QED) is 0.0696. The lowest BCUT2D eigenvalue weighted by Crippen LogP contribution is -2.49. The van der Waals surface area contributed by atoms with Gasteiger partial charge < -0.3 is 18.9 Å². The normalized spacial score (nSPS) is 22.3. The van der Waals surface area contributed by atoms with Crippen LogP contribution in [0.2, 0.25) is 0 Å². The van der Waals surface area contributed by atoms with Crippen molar-refractivity contribution in [2.24, 2.45) is 11.3 Å². The molecule has 0 saturated heterocycles. The van der Waals surface area contributed by atoms with Gasteiger partial charge in [0.1, 0.15) is 11.5 Å². The first-order valence-corrected chi connectivity index (χ1v) is 23.2. The lowest BCUT2D eigenvalue weighted by Gasteiger charge is -2.52. The predicted molar refractivity (Wildman–Crippen MR) is 260 cm³/mol. The highest BCUT2D eigenvalue weighted by molar-refractivity contribution is 5.90. The van der Waals surface area contributed by atoms with Gasteiger partial charge in [-0.25, -0.2) is 0 Å². The fraction of sp³-hybridized carbons (Fsp3) is 0.390. The second-order valence-corrected chi connectivity index (χ2v) is 18.1. The summed E-state index contributed by atoms with van der Waals surface area (Å²) in [5.74, 6) is 12.3. The first-order valence-electron chi connectivity index (χ1n) is 23.2. The molecule has 0 fully saturated rings. The van der Waals surface area contributed by atoms with Gasteiger partial charge in [0.15, 0.2) is 5.60 Å². The maximum absolute atomic E-state index is 7.02. The zero-order valence-corrected chi connectivity index (χ0v) is 38.8. The molecule has 5 atom stereocenters. The second kappa shape index (κ2) is 19.5. The van der Waals surface area contributed by atoms with Crippen molar-refractivity contribution in [2.75, 3.05) is 19.8 Å². The van der Waals surface area contributed by atoms with Crippen LogP contribution in [0.1, 0.15) is 127 Å². The third kappa shape index (κ3) is 8.62. The minimum absolute atomic E-state index is 0.0377. The molecule has 0 aliphatic heterocycles. The summed E-state index contributed by atoms with van der Waals surface area (Å²) in [7, 11) is 0. The first kappa shape index (κ1) is 45.5. The first-order chi connectivity index (χ1) is 30.5. The number of ether oxygens (including phenoxy) is 4. The van der Waals surface area contributed by atoms with Crippen LogP contribution in [0.15, 0.2) is 139 Å². The maximum Gasteiger partial charge on any atom is 0.152 e. The Morgan fingerprint density at radius 3 is 1.97 bits per heavy atom. The van der Waals surface area contributed by atoms with E-state index in [1.54, 1.807) is 0 Å². The van der Waals surface area contributed by atoms with Crippen LogP contribution in [0.5, 0.6) is 11.5 Å². The zero-order chi connectivity index (χ0) is 44.7. The maximum atomic E-state index is 7.02. The molecular formula is C59H66O4. The summed E-state index contributed by atoms with van der Waals surface area (Å²) in [6, 6.07) is 34.5. The molecule has 4 nitrogen and oxygen atoms in total. The van der Waals surface area contributed by atoms with E-state index < -0.39 is 5.60 Å². The van der Waals surface area contributed by atoms with Crippen LogP contribution in [-0.2, 0) is 20.5 Å². The average Bonchev–Trinajstić information content (AvgIpc) is 3.51. The van der Waals surface area contributed by atoms with Crippen LogP contribution in [0, 0.1) is 35.5 Å². The van der Waals surface area contributed by atoms with Gasteiger partial charge in [-0.15, -0.1) is 6.42 Å².